The second-order valence-electron chi connectivity index (χ2n) is 5.80. The Hall–Kier alpha value is -2.60. The van der Waals surface area contributed by atoms with Crippen molar-refractivity contribution in [2.75, 3.05) is 27.7 Å². The Morgan fingerprint density at radius 1 is 1.24 bits per heavy atom. The van der Waals surface area contributed by atoms with Crippen LogP contribution in [0.2, 0.25) is 0 Å². The number of nitrogens with zero attached hydrogens (tertiary/aromatic N) is 2. The summed E-state index contributed by atoms with van der Waals surface area (Å²) < 4.78 is 11.2. The van der Waals surface area contributed by atoms with E-state index in [4.69, 9.17) is 9.47 Å². The van der Waals surface area contributed by atoms with Gasteiger partial charge in [0.2, 0.25) is 5.91 Å². The van der Waals surface area contributed by atoms with E-state index in [2.05, 4.69) is 10.3 Å². The van der Waals surface area contributed by atoms with E-state index in [9.17, 15) is 4.79 Å². The summed E-state index contributed by atoms with van der Waals surface area (Å²) in [6, 6.07) is 11.4. The van der Waals surface area contributed by atoms with Crippen LogP contribution in [0.25, 0.3) is 0 Å². The van der Waals surface area contributed by atoms with E-state index < -0.39 is 0 Å². The topological polar surface area (TPSA) is 63.7 Å². The van der Waals surface area contributed by atoms with Crippen LogP contribution in [-0.4, -0.2) is 43.5 Å². The molecule has 2 aromatic rings. The van der Waals surface area contributed by atoms with Gasteiger partial charge in [0.25, 0.3) is 0 Å². The normalized spacial score (nSPS) is 10.4. The molecule has 0 radical (unpaired) electrons. The van der Waals surface area contributed by atoms with Gasteiger partial charge in [-0.05, 0) is 30.3 Å². The lowest BCUT2D eigenvalue weighted by Gasteiger charge is -2.14. The van der Waals surface area contributed by atoms with Crippen molar-refractivity contribution >= 4 is 5.91 Å². The van der Waals surface area contributed by atoms with Gasteiger partial charge in [0.1, 0.15) is 18.1 Å². The van der Waals surface area contributed by atoms with Crippen molar-refractivity contribution in [3.63, 3.8) is 0 Å². The van der Waals surface area contributed by atoms with Gasteiger partial charge in [-0.25, -0.2) is 0 Å². The summed E-state index contributed by atoms with van der Waals surface area (Å²) in [6.45, 7) is 1.60. The number of rotatable bonds is 9. The molecule has 0 bridgehead atoms. The summed E-state index contributed by atoms with van der Waals surface area (Å²) in [5.41, 5.74) is 1.85. The minimum atomic E-state index is 0.102. The van der Waals surface area contributed by atoms with Crippen LogP contribution >= 0.6 is 0 Å². The van der Waals surface area contributed by atoms with Gasteiger partial charge in [-0.15, -0.1) is 0 Å². The standard InChI is InChI=1S/C19H25N3O3/c1-22(2)19(23)9-11-20-13-15-12-17(24-3)7-8-18(15)25-14-16-6-4-5-10-21-16/h4-8,10,12,20H,9,11,13-14H2,1-3H3. The molecule has 134 valence electrons. The molecule has 2 rings (SSSR count). The maximum Gasteiger partial charge on any atom is 0.223 e. The van der Waals surface area contributed by atoms with E-state index in [1.54, 1.807) is 32.3 Å². The van der Waals surface area contributed by atoms with E-state index in [0.29, 0.717) is 26.1 Å². The number of hydrogen-bond acceptors (Lipinski definition) is 5. The first-order valence-corrected chi connectivity index (χ1v) is 8.20. The summed E-state index contributed by atoms with van der Waals surface area (Å²) in [5.74, 6) is 1.65. The third-order valence-electron chi connectivity index (χ3n) is 3.70. The number of hydrogen-bond donors (Lipinski definition) is 1. The number of aromatic nitrogens is 1. The molecule has 0 saturated heterocycles. The molecule has 0 aliphatic heterocycles. The minimum Gasteiger partial charge on any atom is -0.497 e. The fraction of sp³-hybridized carbons (Fsp3) is 0.368. The predicted molar refractivity (Wildman–Crippen MR) is 96.6 cm³/mol. The molecule has 0 aliphatic rings. The van der Waals surface area contributed by atoms with Crippen LogP contribution in [-0.2, 0) is 17.9 Å². The third-order valence-corrected chi connectivity index (χ3v) is 3.70. The van der Waals surface area contributed by atoms with E-state index in [0.717, 1.165) is 22.8 Å². The zero-order valence-electron chi connectivity index (χ0n) is 15.0. The van der Waals surface area contributed by atoms with Crippen molar-refractivity contribution in [2.24, 2.45) is 0 Å². The van der Waals surface area contributed by atoms with Crippen molar-refractivity contribution in [1.29, 1.82) is 0 Å². The fourth-order valence-electron chi connectivity index (χ4n) is 2.24. The van der Waals surface area contributed by atoms with Gasteiger partial charge in [0.15, 0.2) is 0 Å². The predicted octanol–water partition coefficient (Wildman–Crippen LogP) is 2.24. The molecule has 0 aliphatic carbocycles. The van der Waals surface area contributed by atoms with E-state index in [1.807, 2.05) is 36.4 Å². The molecule has 0 spiro atoms. The number of nitrogens with one attached hydrogen (secondary N) is 1. The van der Waals surface area contributed by atoms with Gasteiger partial charge in [0, 0.05) is 45.4 Å². The molecule has 0 atom stereocenters. The van der Waals surface area contributed by atoms with Crippen molar-refractivity contribution < 1.29 is 14.3 Å². The quantitative estimate of drug-likeness (QED) is 0.708. The van der Waals surface area contributed by atoms with Crippen LogP contribution in [0.5, 0.6) is 11.5 Å². The molecule has 6 nitrogen and oxygen atoms in total. The Kier molecular flexibility index (Phi) is 7.22. The number of methoxy groups -OCH3 is 1. The van der Waals surface area contributed by atoms with Crippen molar-refractivity contribution in [3.05, 3.63) is 53.9 Å². The first-order chi connectivity index (χ1) is 12.1. The molecule has 0 unspecified atom stereocenters. The Morgan fingerprint density at radius 3 is 2.76 bits per heavy atom. The monoisotopic (exact) mass is 343 g/mol. The minimum absolute atomic E-state index is 0.102. The second-order valence-corrected chi connectivity index (χ2v) is 5.80. The number of carbonyl (C=O) groups is 1. The van der Waals surface area contributed by atoms with Gasteiger partial charge >= 0.3 is 0 Å². The molecule has 1 N–H and O–H groups in total. The molecule has 1 aromatic heterocycles. The molecule has 0 fully saturated rings. The van der Waals surface area contributed by atoms with Crippen LogP contribution in [0.15, 0.2) is 42.6 Å². The maximum atomic E-state index is 11.6. The molecule has 1 amide bonds. The molecule has 1 heterocycles. The highest BCUT2D eigenvalue weighted by Gasteiger charge is 2.08. The summed E-state index contributed by atoms with van der Waals surface area (Å²) in [7, 11) is 5.15. The molecular weight excluding hydrogens is 318 g/mol. The maximum absolute atomic E-state index is 11.6. The number of ether oxygens (including phenoxy) is 2. The highest BCUT2D eigenvalue weighted by atomic mass is 16.5. The summed E-state index contributed by atoms with van der Waals surface area (Å²) >= 11 is 0. The van der Waals surface area contributed by atoms with Crippen molar-refractivity contribution in [2.45, 2.75) is 19.6 Å². The van der Waals surface area contributed by atoms with E-state index in [-0.39, 0.29) is 5.91 Å². The van der Waals surface area contributed by atoms with Crippen LogP contribution in [0.3, 0.4) is 0 Å². The van der Waals surface area contributed by atoms with Gasteiger partial charge in [-0.3, -0.25) is 9.78 Å². The SMILES string of the molecule is COc1ccc(OCc2ccccn2)c(CNCCC(=O)N(C)C)c1. The van der Waals surface area contributed by atoms with Crippen LogP contribution in [0.4, 0.5) is 0 Å². The first kappa shape index (κ1) is 18.7. The molecule has 1 aromatic carbocycles. The van der Waals surface area contributed by atoms with Gasteiger partial charge in [-0.1, -0.05) is 6.07 Å². The lowest BCUT2D eigenvalue weighted by Crippen LogP contribution is -2.26. The molecule has 25 heavy (non-hydrogen) atoms. The highest BCUT2D eigenvalue weighted by molar-refractivity contribution is 5.75. The molecule has 6 heteroatoms. The number of carbonyl (C=O) groups excluding carboxylic acids is 1. The second kappa shape index (κ2) is 9.64. The Labute approximate surface area is 148 Å². The van der Waals surface area contributed by atoms with Crippen molar-refractivity contribution in [1.82, 2.24) is 15.2 Å². The summed E-state index contributed by atoms with van der Waals surface area (Å²) in [6.07, 6.45) is 2.21. The summed E-state index contributed by atoms with van der Waals surface area (Å²) in [4.78, 5) is 17.5. The van der Waals surface area contributed by atoms with Crippen LogP contribution in [0.1, 0.15) is 17.7 Å². The number of amides is 1. The largest absolute Gasteiger partial charge is 0.497 e. The number of pyridine rings is 1. The van der Waals surface area contributed by atoms with Crippen molar-refractivity contribution in [3.8, 4) is 11.5 Å². The first-order valence-electron chi connectivity index (χ1n) is 8.20. The van der Waals surface area contributed by atoms with Gasteiger partial charge in [0.05, 0.1) is 12.8 Å². The van der Waals surface area contributed by atoms with Crippen LogP contribution in [0, 0.1) is 0 Å². The van der Waals surface area contributed by atoms with Crippen LogP contribution < -0.4 is 14.8 Å². The summed E-state index contributed by atoms with van der Waals surface area (Å²) in [5, 5.41) is 3.28. The average Bonchev–Trinajstić information content (AvgIpc) is 2.64. The zero-order chi connectivity index (χ0) is 18.1. The zero-order valence-corrected chi connectivity index (χ0v) is 15.0. The lowest BCUT2D eigenvalue weighted by molar-refractivity contribution is -0.128. The Bertz CT molecular complexity index is 675. The smallest absolute Gasteiger partial charge is 0.223 e. The molecular formula is C19H25N3O3. The average molecular weight is 343 g/mol. The lowest BCUT2D eigenvalue weighted by atomic mass is 10.2. The van der Waals surface area contributed by atoms with E-state index in [1.165, 1.54) is 0 Å². The highest BCUT2D eigenvalue weighted by Crippen LogP contribution is 2.25. The molecule has 0 saturated carbocycles. The fourth-order valence-corrected chi connectivity index (χ4v) is 2.24. The Morgan fingerprint density at radius 2 is 2.08 bits per heavy atom. The Balaban J connectivity index is 1.95. The van der Waals surface area contributed by atoms with E-state index >= 15 is 0 Å². The van der Waals surface area contributed by atoms with Gasteiger partial charge in [-0.2, -0.15) is 0 Å². The van der Waals surface area contributed by atoms with Gasteiger partial charge < -0.3 is 19.7 Å². The third kappa shape index (κ3) is 6.08. The number of benzene rings is 1.